The molecule has 1 aromatic carbocycles. The molecule has 0 bridgehead atoms. The quantitative estimate of drug-likeness (QED) is 0.675. The van der Waals surface area contributed by atoms with E-state index in [1.807, 2.05) is 0 Å². The van der Waals surface area contributed by atoms with Gasteiger partial charge in [0.05, 0.1) is 16.3 Å². The Bertz CT molecular complexity index is 570. The molecular formula is C15H18Cl2N2O3. The zero-order valence-electron chi connectivity index (χ0n) is 12.1. The third-order valence-electron chi connectivity index (χ3n) is 3.60. The third-order valence-corrected chi connectivity index (χ3v) is 4.13. The van der Waals surface area contributed by atoms with E-state index >= 15 is 0 Å². The number of carbonyl (C=O) groups excluding carboxylic acids is 2. The summed E-state index contributed by atoms with van der Waals surface area (Å²) in [6, 6.07) is 2.82. The lowest BCUT2D eigenvalue weighted by atomic mass is 10.2. The van der Waals surface area contributed by atoms with Gasteiger partial charge in [-0.3, -0.25) is 4.79 Å². The van der Waals surface area contributed by atoms with Crippen LogP contribution in [-0.4, -0.2) is 36.5 Å². The second-order valence-electron chi connectivity index (χ2n) is 5.22. The Labute approximate surface area is 139 Å². The number of hydrogen-bond donors (Lipinski definition) is 1. The molecule has 1 aliphatic rings. The molecule has 1 heterocycles. The molecule has 1 saturated heterocycles. The largest absolute Gasteiger partial charge is 0.452 e. The van der Waals surface area contributed by atoms with E-state index in [0.717, 1.165) is 25.7 Å². The zero-order chi connectivity index (χ0) is 16.1. The molecular weight excluding hydrogens is 327 g/mol. The molecule has 22 heavy (non-hydrogen) atoms. The Kier molecular flexibility index (Phi) is 5.91. The third kappa shape index (κ3) is 4.27. The molecule has 1 aromatic rings. The molecule has 5 nitrogen and oxygen atoms in total. The lowest BCUT2D eigenvalue weighted by molar-refractivity contribution is -0.134. The second kappa shape index (κ2) is 7.70. The van der Waals surface area contributed by atoms with Gasteiger partial charge in [0.2, 0.25) is 0 Å². The Morgan fingerprint density at radius 2 is 1.77 bits per heavy atom. The van der Waals surface area contributed by atoms with Crippen LogP contribution in [0.15, 0.2) is 12.1 Å². The summed E-state index contributed by atoms with van der Waals surface area (Å²) in [4.78, 5) is 25.8. The van der Waals surface area contributed by atoms with Gasteiger partial charge in [-0.2, -0.15) is 0 Å². The van der Waals surface area contributed by atoms with Crippen molar-refractivity contribution in [3.63, 3.8) is 0 Å². The fraction of sp³-hybridized carbons (Fsp3) is 0.467. The highest BCUT2D eigenvalue weighted by atomic mass is 35.5. The van der Waals surface area contributed by atoms with Crippen molar-refractivity contribution in [2.45, 2.75) is 25.7 Å². The molecule has 0 aliphatic carbocycles. The first-order chi connectivity index (χ1) is 10.5. The second-order valence-corrected chi connectivity index (χ2v) is 6.06. The van der Waals surface area contributed by atoms with Gasteiger partial charge in [0.1, 0.15) is 0 Å². The maximum atomic E-state index is 12.1. The normalized spacial score (nSPS) is 15.3. The van der Waals surface area contributed by atoms with Crippen LogP contribution >= 0.6 is 23.2 Å². The monoisotopic (exact) mass is 344 g/mol. The van der Waals surface area contributed by atoms with Crippen LogP contribution in [0, 0.1) is 0 Å². The number of nitrogen functional groups attached to an aromatic ring is 1. The summed E-state index contributed by atoms with van der Waals surface area (Å²) in [6.45, 7) is 1.12. The average molecular weight is 345 g/mol. The fourth-order valence-corrected chi connectivity index (χ4v) is 2.86. The highest BCUT2D eigenvalue weighted by Gasteiger charge is 2.20. The molecule has 2 N–H and O–H groups in total. The maximum Gasteiger partial charge on any atom is 0.340 e. The number of likely N-dealkylation sites (tertiary alicyclic amines) is 1. The molecule has 1 fully saturated rings. The van der Waals surface area contributed by atoms with Crippen molar-refractivity contribution in [1.82, 2.24) is 4.90 Å². The molecule has 120 valence electrons. The summed E-state index contributed by atoms with van der Waals surface area (Å²) in [5, 5.41) is 0.461. The van der Waals surface area contributed by atoms with Crippen molar-refractivity contribution < 1.29 is 14.3 Å². The molecule has 1 amide bonds. The topological polar surface area (TPSA) is 72.6 Å². The van der Waals surface area contributed by atoms with E-state index in [0.29, 0.717) is 13.1 Å². The van der Waals surface area contributed by atoms with Crippen molar-refractivity contribution in [1.29, 1.82) is 0 Å². The van der Waals surface area contributed by atoms with Gasteiger partial charge in [0, 0.05) is 18.1 Å². The van der Waals surface area contributed by atoms with Gasteiger partial charge in [-0.1, -0.05) is 36.0 Å². The number of halogens is 2. The minimum absolute atomic E-state index is 0.0705. The van der Waals surface area contributed by atoms with Crippen LogP contribution in [0.1, 0.15) is 36.0 Å². The van der Waals surface area contributed by atoms with Gasteiger partial charge in [-0.05, 0) is 25.0 Å². The highest BCUT2D eigenvalue weighted by molar-refractivity contribution is 6.37. The SMILES string of the molecule is Nc1c(Cl)cc(Cl)cc1C(=O)OCC(=O)N1CCCCCC1. The Morgan fingerprint density at radius 1 is 1.14 bits per heavy atom. The van der Waals surface area contributed by atoms with Crippen molar-refractivity contribution in [3.8, 4) is 0 Å². The number of ether oxygens (including phenoxy) is 1. The molecule has 2 rings (SSSR count). The van der Waals surface area contributed by atoms with Crippen LogP contribution < -0.4 is 5.73 Å². The smallest absolute Gasteiger partial charge is 0.340 e. The van der Waals surface area contributed by atoms with Crippen molar-refractivity contribution in [3.05, 3.63) is 27.7 Å². The van der Waals surface area contributed by atoms with Crippen molar-refractivity contribution >= 4 is 40.8 Å². The predicted octanol–water partition coefficient (Wildman–Crippen LogP) is 3.14. The number of amides is 1. The first-order valence-corrected chi connectivity index (χ1v) is 7.94. The molecule has 0 spiro atoms. The molecule has 1 aliphatic heterocycles. The number of benzene rings is 1. The summed E-state index contributed by atoms with van der Waals surface area (Å²) in [6.07, 6.45) is 4.22. The molecule has 0 atom stereocenters. The molecule has 7 heteroatoms. The number of nitrogens with zero attached hydrogens (tertiary/aromatic N) is 1. The Balaban J connectivity index is 1.96. The van der Waals surface area contributed by atoms with Crippen LogP contribution in [0.2, 0.25) is 10.0 Å². The number of esters is 1. The Morgan fingerprint density at radius 3 is 2.41 bits per heavy atom. The standard InChI is InChI=1S/C15H18Cl2N2O3/c16-10-7-11(14(18)12(17)8-10)15(21)22-9-13(20)19-5-3-1-2-4-6-19/h7-8H,1-6,9,18H2. The lowest BCUT2D eigenvalue weighted by Crippen LogP contribution is -2.35. The van der Waals surface area contributed by atoms with E-state index in [4.69, 9.17) is 33.7 Å². The van der Waals surface area contributed by atoms with Crippen LogP contribution in [0.3, 0.4) is 0 Å². The van der Waals surface area contributed by atoms with Crippen LogP contribution in [0.5, 0.6) is 0 Å². The maximum absolute atomic E-state index is 12.1. The molecule has 0 saturated carbocycles. The highest BCUT2D eigenvalue weighted by Crippen LogP contribution is 2.28. The van der Waals surface area contributed by atoms with E-state index in [1.54, 1.807) is 4.90 Å². The predicted molar refractivity (Wildman–Crippen MR) is 86.2 cm³/mol. The zero-order valence-corrected chi connectivity index (χ0v) is 13.6. The summed E-state index contributed by atoms with van der Waals surface area (Å²) in [5.41, 5.74) is 5.90. The number of hydrogen-bond acceptors (Lipinski definition) is 4. The van der Waals surface area contributed by atoms with E-state index in [2.05, 4.69) is 0 Å². The van der Waals surface area contributed by atoms with E-state index < -0.39 is 5.97 Å². The first kappa shape index (κ1) is 16.9. The van der Waals surface area contributed by atoms with Crippen LogP contribution in [-0.2, 0) is 9.53 Å². The summed E-state index contributed by atoms with van der Waals surface area (Å²) < 4.78 is 5.05. The van der Waals surface area contributed by atoms with E-state index in [9.17, 15) is 9.59 Å². The van der Waals surface area contributed by atoms with Gasteiger partial charge >= 0.3 is 5.97 Å². The fourth-order valence-electron chi connectivity index (χ4n) is 2.37. The van der Waals surface area contributed by atoms with Crippen LogP contribution in [0.25, 0.3) is 0 Å². The molecule has 0 unspecified atom stereocenters. The van der Waals surface area contributed by atoms with Crippen molar-refractivity contribution in [2.24, 2.45) is 0 Å². The minimum Gasteiger partial charge on any atom is -0.452 e. The van der Waals surface area contributed by atoms with Gasteiger partial charge in [0.25, 0.3) is 5.91 Å². The van der Waals surface area contributed by atoms with Crippen molar-refractivity contribution in [2.75, 3.05) is 25.4 Å². The van der Waals surface area contributed by atoms with E-state index in [-0.39, 0.29) is 33.8 Å². The van der Waals surface area contributed by atoms with Gasteiger partial charge in [0.15, 0.2) is 6.61 Å². The summed E-state index contributed by atoms with van der Waals surface area (Å²) in [7, 11) is 0. The van der Waals surface area contributed by atoms with Gasteiger partial charge < -0.3 is 15.4 Å². The first-order valence-electron chi connectivity index (χ1n) is 7.18. The number of carbonyl (C=O) groups is 2. The van der Waals surface area contributed by atoms with Crippen LogP contribution in [0.4, 0.5) is 5.69 Å². The number of rotatable bonds is 3. The molecule has 0 aromatic heterocycles. The summed E-state index contributed by atoms with van der Waals surface area (Å²) in [5.74, 6) is -0.896. The Hall–Kier alpha value is -1.46. The molecule has 0 radical (unpaired) electrons. The van der Waals surface area contributed by atoms with Gasteiger partial charge in [-0.25, -0.2) is 4.79 Å². The lowest BCUT2D eigenvalue weighted by Gasteiger charge is -2.20. The minimum atomic E-state index is -0.704. The average Bonchev–Trinajstić information content (AvgIpc) is 2.77. The number of nitrogens with two attached hydrogens (primary N) is 1. The van der Waals surface area contributed by atoms with Gasteiger partial charge in [-0.15, -0.1) is 0 Å². The summed E-state index contributed by atoms with van der Waals surface area (Å²) >= 11 is 11.7. The van der Waals surface area contributed by atoms with E-state index in [1.165, 1.54) is 12.1 Å². The number of anilines is 1.